The summed E-state index contributed by atoms with van der Waals surface area (Å²) in [4.78, 5) is 21.9. The van der Waals surface area contributed by atoms with Crippen LogP contribution in [-0.4, -0.2) is 10.8 Å². The number of nitro groups is 1. The fraction of sp³-hybridized carbons (Fsp3) is 0. The van der Waals surface area contributed by atoms with Crippen LogP contribution in [0.1, 0.15) is 10.4 Å². The molecule has 2 aromatic rings. The van der Waals surface area contributed by atoms with Gasteiger partial charge in [0.15, 0.2) is 0 Å². The lowest BCUT2D eigenvalue weighted by atomic mass is 10.2. The SMILES string of the molecule is O=C(NNc1ccccc1)c1cccc([N+](=O)[O-])c1. The number of benzene rings is 2. The van der Waals surface area contributed by atoms with Crippen LogP contribution in [0.15, 0.2) is 54.6 Å². The lowest BCUT2D eigenvalue weighted by molar-refractivity contribution is -0.384. The van der Waals surface area contributed by atoms with Crippen LogP contribution in [0.3, 0.4) is 0 Å². The van der Waals surface area contributed by atoms with E-state index in [1.54, 1.807) is 12.1 Å². The summed E-state index contributed by atoms with van der Waals surface area (Å²) >= 11 is 0. The predicted molar refractivity (Wildman–Crippen MR) is 70.6 cm³/mol. The molecule has 0 saturated heterocycles. The maximum Gasteiger partial charge on any atom is 0.270 e. The second-order valence-electron chi connectivity index (χ2n) is 3.75. The molecule has 1 amide bonds. The molecule has 2 rings (SSSR count). The van der Waals surface area contributed by atoms with Crippen molar-refractivity contribution in [1.82, 2.24) is 5.43 Å². The molecule has 6 nitrogen and oxygen atoms in total. The summed E-state index contributed by atoms with van der Waals surface area (Å²) in [6, 6.07) is 14.6. The summed E-state index contributed by atoms with van der Waals surface area (Å²) < 4.78 is 0. The van der Waals surface area contributed by atoms with Crippen molar-refractivity contribution in [2.75, 3.05) is 5.43 Å². The Kier molecular flexibility index (Phi) is 3.72. The summed E-state index contributed by atoms with van der Waals surface area (Å²) in [7, 11) is 0. The quantitative estimate of drug-likeness (QED) is 0.650. The summed E-state index contributed by atoms with van der Waals surface area (Å²) in [5.41, 5.74) is 6.02. The van der Waals surface area contributed by atoms with Crippen LogP contribution in [-0.2, 0) is 0 Å². The number of rotatable bonds is 4. The minimum atomic E-state index is -0.540. The smallest absolute Gasteiger partial charge is 0.270 e. The number of hydrazine groups is 1. The van der Waals surface area contributed by atoms with E-state index in [1.807, 2.05) is 18.2 Å². The predicted octanol–water partition coefficient (Wildman–Crippen LogP) is 2.35. The Balaban J connectivity index is 2.04. The number of nitro benzene ring substituents is 1. The summed E-state index contributed by atoms with van der Waals surface area (Å²) in [5, 5.41) is 10.6. The number of carbonyl (C=O) groups excluding carboxylic acids is 1. The van der Waals surface area contributed by atoms with Crippen LogP contribution in [0.4, 0.5) is 11.4 Å². The molecule has 0 radical (unpaired) electrons. The van der Waals surface area contributed by atoms with Gasteiger partial charge in [0.2, 0.25) is 0 Å². The number of nitrogens with zero attached hydrogens (tertiary/aromatic N) is 1. The van der Waals surface area contributed by atoms with Gasteiger partial charge in [0, 0.05) is 17.7 Å². The third kappa shape index (κ3) is 3.29. The summed E-state index contributed by atoms with van der Waals surface area (Å²) in [5.74, 6) is -0.437. The molecular formula is C13H11N3O3. The number of non-ortho nitro benzene ring substituents is 1. The monoisotopic (exact) mass is 257 g/mol. The number of carbonyl (C=O) groups is 1. The molecule has 0 saturated carbocycles. The molecule has 0 heterocycles. The fourth-order valence-electron chi connectivity index (χ4n) is 1.48. The van der Waals surface area contributed by atoms with Gasteiger partial charge >= 0.3 is 0 Å². The molecule has 0 fully saturated rings. The van der Waals surface area contributed by atoms with Crippen molar-refractivity contribution in [1.29, 1.82) is 0 Å². The van der Waals surface area contributed by atoms with Gasteiger partial charge in [0.05, 0.1) is 10.6 Å². The molecule has 0 aliphatic heterocycles. The van der Waals surface area contributed by atoms with Crippen molar-refractivity contribution in [3.63, 3.8) is 0 Å². The average molecular weight is 257 g/mol. The molecule has 2 aromatic carbocycles. The molecule has 2 N–H and O–H groups in total. The van der Waals surface area contributed by atoms with Crippen molar-refractivity contribution in [3.05, 3.63) is 70.3 Å². The van der Waals surface area contributed by atoms with E-state index in [4.69, 9.17) is 0 Å². The van der Waals surface area contributed by atoms with E-state index >= 15 is 0 Å². The molecule has 0 spiro atoms. The highest BCUT2D eigenvalue weighted by molar-refractivity contribution is 5.95. The number of hydrogen-bond acceptors (Lipinski definition) is 4. The van der Waals surface area contributed by atoms with E-state index in [0.717, 1.165) is 5.69 Å². The van der Waals surface area contributed by atoms with Crippen molar-refractivity contribution < 1.29 is 9.72 Å². The Bertz CT molecular complexity index is 599. The highest BCUT2D eigenvalue weighted by Gasteiger charge is 2.10. The van der Waals surface area contributed by atoms with E-state index in [-0.39, 0.29) is 11.3 Å². The topological polar surface area (TPSA) is 84.3 Å². The highest BCUT2D eigenvalue weighted by atomic mass is 16.6. The number of amides is 1. The van der Waals surface area contributed by atoms with Crippen molar-refractivity contribution in [2.24, 2.45) is 0 Å². The minimum Gasteiger partial charge on any atom is -0.298 e. The van der Waals surface area contributed by atoms with Gasteiger partial charge in [-0.2, -0.15) is 0 Å². The molecule has 0 unspecified atom stereocenters. The molecule has 6 heteroatoms. The second-order valence-corrected chi connectivity index (χ2v) is 3.75. The van der Waals surface area contributed by atoms with E-state index < -0.39 is 10.8 Å². The number of nitrogens with one attached hydrogen (secondary N) is 2. The van der Waals surface area contributed by atoms with Crippen LogP contribution in [0.5, 0.6) is 0 Å². The van der Waals surface area contributed by atoms with Gasteiger partial charge in [-0.05, 0) is 18.2 Å². The van der Waals surface area contributed by atoms with Gasteiger partial charge in [0.25, 0.3) is 11.6 Å². The summed E-state index contributed by atoms with van der Waals surface area (Å²) in [6.07, 6.45) is 0. The molecule has 0 bridgehead atoms. The van der Waals surface area contributed by atoms with Crippen LogP contribution >= 0.6 is 0 Å². The first-order valence-electron chi connectivity index (χ1n) is 5.52. The molecule has 0 aliphatic carbocycles. The largest absolute Gasteiger partial charge is 0.298 e. The standard InChI is InChI=1S/C13H11N3O3/c17-13(15-14-11-6-2-1-3-7-11)10-5-4-8-12(9-10)16(18)19/h1-9,14H,(H,15,17). The van der Waals surface area contributed by atoms with Gasteiger partial charge in [-0.25, -0.2) is 0 Å². The van der Waals surface area contributed by atoms with E-state index in [1.165, 1.54) is 24.3 Å². The fourth-order valence-corrected chi connectivity index (χ4v) is 1.48. The van der Waals surface area contributed by atoms with Crippen molar-refractivity contribution in [3.8, 4) is 0 Å². The first-order chi connectivity index (χ1) is 9.16. The lowest BCUT2D eigenvalue weighted by Crippen LogP contribution is -2.29. The van der Waals surface area contributed by atoms with E-state index in [9.17, 15) is 14.9 Å². The normalized spacial score (nSPS) is 9.68. The third-order valence-corrected chi connectivity index (χ3v) is 2.41. The van der Waals surface area contributed by atoms with Crippen molar-refractivity contribution >= 4 is 17.3 Å². The van der Waals surface area contributed by atoms with E-state index in [2.05, 4.69) is 10.9 Å². The second kappa shape index (κ2) is 5.63. The molecule has 19 heavy (non-hydrogen) atoms. The van der Waals surface area contributed by atoms with Gasteiger partial charge < -0.3 is 0 Å². The zero-order chi connectivity index (χ0) is 13.7. The zero-order valence-electron chi connectivity index (χ0n) is 9.87. The number of hydrogen-bond donors (Lipinski definition) is 2. The Morgan fingerprint density at radius 1 is 1.05 bits per heavy atom. The van der Waals surface area contributed by atoms with Crippen LogP contribution in [0, 0.1) is 10.1 Å². The maximum atomic E-state index is 11.8. The zero-order valence-corrected chi connectivity index (χ0v) is 9.87. The van der Waals surface area contributed by atoms with Crippen LogP contribution < -0.4 is 10.9 Å². The van der Waals surface area contributed by atoms with Gasteiger partial charge in [-0.1, -0.05) is 24.3 Å². The number of anilines is 1. The van der Waals surface area contributed by atoms with Crippen LogP contribution in [0.25, 0.3) is 0 Å². The first-order valence-corrected chi connectivity index (χ1v) is 5.52. The van der Waals surface area contributed by atoms with Gasteiger partial charge in [-0.15, -0.1) is 0 Å². The molecule has 0 aromatic heterocycles. The molecule has 96 valence electrons. The number of para-hydroxylation sites is 1. The maximum absolute atomic E-state index is 11.8. The van der Waals surface area contributed by atoms with Gasteiger partial charge in [0.1, 0.15) is 0 Å². The molecule has 0 aliphatic rings. The Morgan fingerprint density at radius 3 is 2.47 bits per heavy atom. The van der Waals surface area contributed by atoms with Crippen molar-refractivity contribution in [2.45, 2.75) is 0 Å². The lowest BCUT2D eigenvalue weighted by Gasteiger charge is -2.07. The summed E-state index contributed by atoms with van der Waals surface area (Å²) in [6.45, 7) is 0. The van der Waals surface area contributed by atoms with Crippen LogP contribution in [0.2, 0.25) is 0 Å². The first kappa shape index (κ1) is 12.6. The minimum absolute atomic E-state index is 0.118. The molecular weight excluding hydrogens is 246 g/mol. The Morgan fingerprint density at radius 2 is 1.79 bits per heavy atom. The third-order valence-electron chi connectivity index (χ3n) is 2.41. The Hall–Kier alpha value is -2.89. The average Bonchev–Trinajstić information content (AvgIpc) is 2.46. The van der Waals surface area contributed by atoms with Gasteiger partial charge in [-0.3, -0.25) is 25.8 Å². The van der Waals surface area contributed by atoms with E-state index in [0.29, 0.717) is 0 Å². The molecule has 0 atom stereocenters. The Labute approximate surface area is 109 Å². The highest BCUT2D eigenvalue weighted by Crippen LogP contribution is 2.13.